The van der Waals surface area contributed by atoms with E-state index >= 15 is 0 Å². The minimum atomic E-state index is -0.283. The van der Waals surface area contributed by atoms with E-state index < -0.39 is 0 Å². The Kier molecular flexibility index (Phi) is 2.85. The van der Waals surface area contributed by atoms with Crippen LogP contribution in [0.15, 0.2) is 59.4 Å². The van der Waals surface area contributed by atoms with Crippen molar-refractivity contribution in [2.75, 3.05) is 0 Å². The van der Waals surface area contributed by atoms with Gasteiger partial charge in [0.05, 0.1) is 16.6 Å². The van der Waals surface area contributed by atoms with E-state index in [2.05, 4.69) is 4.98 Å². The molecule has 1 aromatic heterocycles. The maximum absolute atomic E-state index is 12.5. The van der Waals surface area contributed by atoms with Crippen LogP contribution in [0.5, 0.6) is 0 Å². The van der Waals surface area contributed by atoms with Crippen LogP contribution in [0.4, 0.5) is 0 Å². The quantitative estimate of drug-likeness (QED) is 0.757. The van der Waals surface area contributed by atoms with Gasteiger partial charge in [0.2, 0.25) is 0 Å². The highest BCUT2D eigenvalue weighted by Crippen LogP contribution is 2.12. The molecule has 4 nitrogen and oxygen atoms in total. The van der Waals surface area contributed by atoms with Gasteiger partial charge in [0, 0.05) is 0 Å². The number of fused-ring (bicyclic) bond motifs is 1. The minimum Gasteiger partial charge on any atom is -0.388 e. The molecular weight excluding hydrogens is 240 g/mol. The fourth-order valence-electron chi connectivity index (χ4n) is 2.13. The number of hydrogen-bond acceptors (Lipinski definition) is 3. The van der Waals surface area contributed by atoms with Gasteiger partial charge in [-0.2, -0.15) is 0 Å². The lowest BCUT2D eigenvalue weighted by atomic mass is 10.2. The summed E-state index contributed by atoms with van der Waals surface area (Å²) in [5.41, 5.74) is 1.14. The highest BCUT2D eigenvalue weighted by atomic mass is 16.3. The van der Waals surface area contributed by atoms with Crippen LogP contribution < -0.4 is 5.56 Å². The molecule has 1 N–H and O–H groups in total. The molecular formula is C15H12N2O2. The molecule has 0 atom stereocenters. The molecule has 0 aliphatic rings. The average molecular weight is 252 g/mol. The lowest BCUT2D eigenvalue weighted by Gasteiger charge is -2.11. The Morgan fingerprint density at radius 3 is 2.42 bits per heavy atom. The van der Waals surface area contributed by atoms with Gasteiger partial charge in [-0.05, 0) is 24.3 Å². The number of aliphatic hydroxyl groups is 1. The Labute approximate surface area is 109 Å². The van der Waals surface area contributed by atoms with Crippen molar-refractivity contribution in [3.05, 3.63) is 70.8 Å². The van der Waals surface area contributed by atoms with E-state index in [9.17, 15) is 9.90 Å². The second-order valence-electron chi connectivity index (χ2n) is 4.18. The molecule has 0 aliphatic heterocycles. The molecule has 2 aromatic carbocycles. The third-order valence-corrected chi connectivity index (χ3v) is 3.00. The van der Waals surface area contributed by atoms with E-state index in [1.807, 2.05) is 36.4 Å². The van der Waals surface area contributed by atoms with E-state index in [4.69, 9.17) is 0 Å². The summed E-state index contributed by atoms with van der Waals surface area (Å²) in [6.07, 6.45) is 0. The Morgan fingerprint density at radius 2 is 1.68 bits per heavy atom. The first-order valence-corrected chi connectivity index (χ1v) is 5.98. The summed E-state index contributed by atoms with van der Waals surface area (Å²) in [7, 11) is 0. The molecule has 94 valence electrons. The Hall–Kier alpha value is -2.46. The summed E-state index contributed by atoms with van der Waals surface area (Å²) in [5, 5.41) is 9.99. The molecule has 0 spiro atoms. The normalized spacial score (nSPS) is 10.8. The Morgan fingerprint density at radius 1 is 1.00 bits per heavy atom. The first-order chi connectivity index (χ1) is 9.31. The molecule has 0 bridgehead atoms. The molecule has 0 aliphatic carbocycles. The van der Waals surface area contributed by atoms with Crippen molar-refractivity contribution in [3.63, 3.8) is 0 Å². The van der Waals surface area contributed by atoms with Crippen molar-refractivity contribution in [1.82, 2.24) is 9.55 Å². The zero-order valence-corrected chi connectivity index (χ0v) is 10.2. The second kappa shape index (κ2) is 4.66. The summed E-state index contributed by atoms with van der Waals surface area (Å²) in [5.74, 6) is 0.343. The second-order valence-corrected chi connectivity index (χ2v) is 4.18. The van der Waals surface area contributed by atoms with Crippen molar-refractivity contribution in [1.29, 1.82) is 0 Å². The number of nitrogens with zero attached hydrogens (tertiary/aromatic N) is 2. The summed E-state index contributed by atoms with van der Waals surface area (Å²) in [6.45, 7) is -0.283. The minimum absolute atomic E-state index is 0.166. The Bertz CT molecular complexity index is 779. The average Bonchev–Trinajstić information content (AvgIpc) is 2.48. The number of aliphatic hydroxyl groups excluding tert-OH is 1. The largest absolute Gasteiger partial charge is 0.388 e. The van der Waals surface area contributed by atoms with Crippen molar-refractivity contribution < 1.29 is 5.11 Å². The third-order valence-electron chi connectivity index (χ3n) is 3.00. The van der Waals surface area contributed by atoms with Gasteiger partial charge in [-0.3, -0.25) is 9.36 Å². The maximum Gasteiger partial charge on any atom is 0.266 e. The predicted octanol–water partition coefficient (Wildman–Crippen LogP) is 1.88. The molecule has 0 amide bonds. The van der Waals surface area contributed by atoms with Crippen LogP contribution in [0.3, 0.4) is 0 Å². The van der Waals surface area contributed by atoms with Gasteiger partial charge in [-0.1, -0.05) is 30.3 Å². The van der Waals surface area contributed by atoms with Crippen molar-refractivity contribution in [3.8, 4) is 5.69 Å². The Balaban J connectivity index is 2.41. The van der Waals surface area contributed by atoms with E-state index in [1.165, 1.54) is 4.57 Å². The zero-order chi connectivity index (χ0) is 13.2. The fourth-order valence-corrected chi connectivity index (χ4v) is 2.13. The van der Waals surface area contributed by atoms with Gasteiger partial charge in [-0.25, -0.2) is 4.98 Å². The molecule has 19 heavy (non-hydrogen) atoms. The summed E-state index contributed by atoms with van der Waals surface area (Å²) < 4.78 is 1.45. The SMILES string of the molecule is O=c1c2ccccc2nc(CO)n1-c1ccccc1. The van der Waals surface area contributed by atoms with Crippen LogP contribution in [-0.2, 0) is 6.61 Å². The monoisotopic (exact) mass is 252 g/mol. The smallest absolute Gasteiger partial charge is 0.266 e. The van der Waals surface area contributed by atoms with Gasteiger partial charge < -0.3 is 5.11 Å². The molecule has 0 unspecified atom stereocenters. The topological polar surface area (TPSA) is 55.1 Å². The highest BCUT2D eigenvalue weighted by molar-refractivity contribution is 5.77. The lowest BCUT2D eigenvalue weighted by molar-refractivity contribution is 0.268. The lowest BCUT2D eigenvalue weighted by Crippen LogP contribution is -2.23. The van der Waals surface area contributed by atoms with Gasteiger partial charge in [0.25, 0.3) is 5.56 Å². The van der Waals surface area contributed by atoms with Crippen LogP contribution in [0, 0.1) is 0 Å². The first kappa shape index (κ1) is 11.6. The van der Waals surface area contributed by atoms with Crippen molar-refractivity contribution in [2.45, 2.75) is 6.61 Å². The number of rotatable bonds is 2. The van der Waals surface area contributed by atoms with Crippen molar-refractivity contribution in [2.24, 2.45) is 0 Å². The van der Waals surface area contributed by atoms with E-state index in [-0.39, 0.29) is 12.2 Å². The van der Waals surface area contributed by atoms with E-state index in [0.29, 0.717) is 22.4 Å². The zero-order valence-electron chi connectivity index (χ0n) is 10.2. The molecule has 3 rings (SSSR count). The van der Waals surface area contributed by atoms with E-state index in [1.54, 1.807) is 18.2 Å². The molecule has 4 heteroatoms. The van der Waals surface area contributed by atoms with Gasteiger partial charge in [0.1, 0.15) is 12.4 Å². The van der Waals surface area contributed by atoms with Crippen LogP contribution >= 0.6 is 0 Å². The maximum atomic E-state index is 12.5. The molecule has 0 radical (unpaired) electrons. The molecule has 0 saturated heterocycles. The molecule has 0 fully saturated rings. The van der Waals surface area contributed by atoms with Crippen LogP contribution in [-0.4, -0.2) is 14.7 Å². The number of aromatic nitrogens is 2. The summed E-state index contributed by atoms with van der Waals surface area (Å²) >= 11 is 0. The standard InChI is InChI=1S/C15H12N2O2/c18-10-14-16-13-9-5-4-8-12(13)15(19)17(14)11-6-2-1-3-7-11/h1-9,18H,10H2. The highest BCUT2D eigenvalue weighted by Gasteiger charge is 2.11. The fraction of sp³-hybridized carbons (Fsp3) is 0.0667. The van der Waals surface area contributed by atoms with E-state index in [0.717, 1.165) is 0 Å². The van der Waals surface area contributed by atoms with Crippen LogP contribution in [0.2, 0.25) is 0 Å². The van der Waals surface area contributed by atoms with Gasteiger partial charge in [0.15, 0.2) is 0 Å². The van der Waals surface area contributed by atoms with Gasteiger partial charge >= 0.3 is 0 Å². The number of benzene rings is 2. The molecule has 3 aromatic rings. The summed E-state index contributed by atoms with van der Waals surface area (Å²) in [6, 6.07) is 16.3. The number of para-hydroxylation sites is 2. The summed E-state index contributed by atoms with van der Waals surface area (Å²) in [4.78, 5) is 16.9. The van der Waals surface area contributed by atoms with Gasteiger partial charge in [-0.15, -0.1) is 0 Å². The van der Waals surface area contributed by atoms with Crippen molar-refractivity contribution >= 4 is 10.9 Å². The van der Waals surface area contributed by atoms with Crippen LogP contribution in [0.1, 0.15) is 5.82 Å². The number of hydrogen-bond donors (Lipinski definition) is 1. The third kappa shape index (κ3) is 1.92. The van der Waals surface area contributed by atoms with Crippen LogP contribution in [0.25, 0.3) is 16.6 Å². The predicted molar refractivity (Wildman–Crippen MR) is 73.3 cm³/mol. The molecule has 1 heterocycles. The molecule has 0 saturated carbocycles. The first-order valence-electron chi connectivity index (χ1n) is 5.98.